The van der Waals surface area contributed by atoms with E-state index in [9.17, 15) is 17.3 Å². The van der Waals surface area contributed by atoms with Crippen LogP contribution in [0.15, 0.2) is 83.0 Å². The SMILES string of the molecule is ClC1=C(/C=[NH+]/c2ccccc2)CC/C1=C\Nc1ccccc1.F[B-](F)(F)F. The van der Waals surface area contributed by atoms with Crippen molar-refractivity contribution >= 4 is 36.4 Å². The number of anilines is 1. The predicted molar refractivity (Wildman–Crippen MR) is 104 cm³/mol. The molecule has 0 aromatic heterocycles. The van der Waals surface area contributed by atoms with Crippen LogP contribution in [0.2, 0.25) is 0 Å². The first kappa shape index (κ1) is 20.8. The molecular formula is C19H18BClF4N2. The second-order valence-corrected chi connectivity index (χ2v) is 6.05. The Morgan fingerprint density at radius 3 is 2.04 bits per heavy atom. The van der Waals surface area contributed by atoms with Crippen molar-refractivity contribution in [2.75, 3.05) is 5.32 Å². The third kappa shape index (κ3) is 8.13. The van der Waals surface area contributed by atoms with E-state index in [1.165, 1.54) is 0 Å². The van der Waals surface area contributed by atoms with Crippen molar-refractivity contribution < 1.29 is 22.3 Å². The average Bonchev–Trinajstić information content (AvgIpc) is 2.98. The van der Waals surface area contributed by atoms with Crippen molar-refractivity contribution in [3.63, 3.8) is 0 Å². The highest BCUT2D eigenvalue weighted by Gasteiger charge is 2.20. The topological polar surface area (TPSA) is 26.0 Å². The zero-order valence-electron chi connectivity index (χ0n) is 14.3. The molecule has 8 heteroatoms. The molecule has 0 spiro atoms. The molecule has 1 aliphatic rings. The quantitative estimate of drug-likeness (QED) is 0.422. The number of hydrogen-bond acceptors (Lipinski definition) is 1. The van der Waals surface area contributed by atoms with Crippen LogP contribution in [0.3, 0.4) is 0 Å². The third-order valence-corrected chi connectivity index (χ3v) is 4.09. The molecular weight excluding hydrogens is 378 g/mol. The van der Waals surface area contributed by atoms with E-state index >= 15 is 0 Å². The van der Waals surface area contributed by atoms with Gasteiger partial charge in [-0.2, -0.15) is 0 Å². The zero-order valence-corrected chi connectivity index (χ0v) is 15.1. The Bertz CT molecular complexity index is 813. The molecule has 0 bridgehead atoms. The summed E-state index contributed by atoms with van der Waals surface area (Å²) in [6.07, 6.45) is 5.92. The maximum absolute atomic E-state index is 9.75. The van der Waals surface area contributed by atoms with Crippen LogP contribution in [0.25, 0.3) is 0 Å². The standard InChI is InChI=1S/C19H17ClN2.BF4/c20-19-15(13-21-17-7-3-1-4-8-17)11-12-16(19)14-22-18-9-5-2-6-10-18;2-1(3,4)5/h1-10,13-14,21H,11-12H2;/q;-1/p+1/b15-13+,22-14+;. The molecule has 0 radical (unpaired) electrons. The number of benzene rings is 2. The Kier molecular flexibility index (Phi) is 7.67. The Balaban J connectivity index is 0.000000465. The van der Waals surface area contributed by atoms with Crippen LogP contribution in [0, 0.1) is 0 Å². The summed E-state index contributed by atoms with van der Waals surface area (Å²) in [5.41, 5.74) is 4.43. The van der Waals surface area contributed by atoms with E-state index in [0.717, 1.165) is 40.4 Å². The highest BCUT2D eigenvalue weighted by atomic mass is 35.5. The Morgan fingerprint density at radius 2 is 1.44 bits per heavy atom. The second-order valence-electron chi connectivity index (χ2n) is 5.67. The van der Waals surface area contributed by atoms with Crippen molar-refractivity contribution in [1.82, 2.24) is 0 Å². The predicted octanol–water partition coefficient (Wildman–Crippen LogP) is 5.05. The molecule has 0 fully saturated rings. The van der Waals surface area contributed by atoms with Gasteiger partial charge in [0.2, 0.25) is 5.69 Å². The monoisotopic (exact) mass is 396 g/mol. The molecule has 3 rings (SSSR count). The fourth-order valence-corrected chi connectivity index (χ4v) is 2.67. The van der Waals surface area contributed by atoms with Gasteiger partial charge in [0, 0.05) is 29.6 Å². The average molecular weight is 397 g/mol. The molecule has 2 aromatic rings. The first-order valence-electron chi connectivity index (χ1n) is 8.25. The van der Waals surface area contributed by atoms with E-state index in [2.05, 4.69) is 10.3 Å². The van der Waals surface area contributed by atoms with E-state index < -0.39 is 7.25 Å². The molecule has 0 saturated carbocycles. The van der Waals surface area contributed by atoms with E-state index in [-0.39, 0.29) is 0 Å². The highest BCUT2D eigenvalue weighted by Crippen LogP contribution is 2.32. The lowest BCUT2D eigenvalue weighted by atomic mass is 10.2. The molecule has 0 heterocycles. The summed E-state index contributed by atoms with van der Waals surface area (Å²) in [5.74, 6) is 0. The minimum Gasteiger partial charge on any atom is -0.418 e. The molecule has 142 valence electrons. The Morgan fingerprint density at radius 1 is 0.889 bits per heavy atom. The molecule has 1 aliphatic carbocycles. The zero-order chi connectivity index (χ0) is 19.7. The van der Waals surface area contributed by atoms with Crippen LogP contribution in [0.4, 0.5) is 28.6 Å². The van der Waals surface area contributed by atoms with Gasteiger partial charge in [0.25, 0.3) is 0 Å². The number of hydrogen-bond donors (Lipinski definition) is 2. The molecule has 0 unspecified atom stereocenters. The van der Waals surface area contributed by atoms with E-state index in [1.807, 2.05) is 73.1 Å². The van der Waals surface area contributed by atoms with Gasteiger partial charge in [0.15, 0.2) is 6.21 Å². The summed E-state index contributed by atoms with van der Waals surface area (Å²) in [6.45, 7) is 0. The number of allylic oxidation sites excluding steroid dienone is 3. The van der Waals surface area contributed by atoms with E-state index in [0.29, 0.717) is 0 Å². The number of nitrogens with one attached hydrogen (secondary N) is 2. The minimum atomic E-state index is -6.00. The van der Waals surface area contributed by atoms with Gasteiger partial charge in [-0.1, -0.05) is 48.0 Å². The minimum absolute atomic E-state index is 0.840. The summed E-state index contributed by atoms with van der Waals surface area (Å²) in [6, 6.07) is 20.2. The van der Waals surface area contributed by atoms with Gasteiger partial charge >= 0.3 is 7.25 Å². The Hall–Kier alpha value is -2.54. The van der Waals surface area contributed by atoms with Gasteiger partial charge in [-0.05, 0) is 30.5 Å². The number of halogens is 5. The third-order valence-electron chi connectivity index (χ3n) is 3.60. The van der Waals surface area contributed by atoms with Crippen LogP contribution in [0.5, 0.6) is 0 Å². The van der Waals surface area contributed by atoms with Crippen LogP contribution in [-0.2, 0) is 0 Å². The van der Waals surface area contributed by atoms with Crippen molar-refractivity contribution in [3.8, 4) is 0 Å². The first-order chi connectivity index (χ1) is 12.8. The molecule has 0 amide bonds. The summed E-state index contributed by atoms with van der Waals surface area (Å²) >= 11 is 6.48. The van der Waals surface area contributed by atoms with Crippen molar-refractivity contribution in [1.29, 1.82) is 0 Å². The van der Waals surface area contributed by atoms with Crippen LogP contribution in [0.1, 0.15) is 12.8 Å². The van der Waals surface area contributed by atoms with Crippen LogP contribution in [-0.4, -0.2) is 13.5 Å². The van der Waals surface area contributed by atoms with Gasteiger partial charge in [0.05, 0.1) is 5.03 Å². The summed E-state index contributed by atoms with van der Waals surface area (Å²) in [7, 11) is -6.00. The van der Waals surface area contributed by atoms with Crippen molar-refractivity contribution in [3.05, 3.63) is 83.0 Å². The molecule has 2 N–H and O–H groups in total. The fraction of sp³-hybridized carbons (Fsp3) is 0.105. The lowest BCUT2D eigenvalue weighted by Crippen LogP contribution is -2.61. The summed E-state index contributed by atoms with van der Waals surface area (Å²) in [5, 5.41) is 4.14. The van der Waals surface area contributed by atoms with E-state index in [4.69, 9.17) is 11.6 Å². The summed E-state index contributed by atoms with van der Waals surface area (Å²) in [4.78, 5) is 3.30. The van der Waals surface area contributed by atoms with Gasteiger partial charge in [-0.15, -0.1) is 0 Å². The molecule has 2 nitrogen and oxygen atoms in total. The normalized spacial score (nSPS) is 15.8. The largest absolute Gasteiger partial charge is 0.673 e. The Labute approximate surface area is 160 Å². The maximum Gasteiger partial charge on any atom is 0.673 e. The maximum atomic E-state index is 9.75. The molecule has 0 atom stereocenters. The smallest absolute Gasteiger partial charge is 0.418 e. The second kappa shape index (κ2) is 9.97. The molecule has 2 aromatic carbocycles. The lowest BCUT2D eigenvalue weighted by molar-refractivity contribution is -0.347. The van der Waals surface area contributed by atoms with Crippen LogP contribution < -0.4 is 10.3 Å². The van der Waals surface area contributed by atoms with Gasteiger partial charge < -0.3 is 22.6 Å². The molecule has 0 saturated heterocycles. The first-order valence-corrected chi connectivity index (χ1v) is 8.62. The number of rotatable bonds is 4. The lowest BCUT2D eigenvalue weighted by Gasteiger charge is -2.02. The molecule has 27 heavy (non-hydrogen) atoms. The van der Waals surface area contributed by atoms with Crippen molar-refractivity contribution in [2.24, 2.45) is 0 Å². The van der Waals surface area contributed by atoms with Crippen molar-refractivity contribution in [2.45, 2.75) is 12.8 Å². The number of para-hydroxylation sites is 2. The fourth-order valence-electron chi connectivity index (χ4n) is 2.38. The van der Waals surface area contributed by atoms with Gasteiger partial charge in [-0.3, -0.25) is 0 Å². The van der Waals surface area contributed by atoms with E-state index in [1.54, 1.807) is 0 Å². The van der Waals surface area contributed by atoms with Crippen LogP contribution >= 0.6 is 11.6 Å². The highest BCUT2D eigenvalue weighted by molar-refractivity contribution is 6.50. The summed E-state index contributed by atoms with van der Waals surface area (Å²) < 4.78 is 39.0. The van der Waals surface area contributed by atoms with Gasteiger partial charge in [0.1, 0.15) is 0 Å². The molecule has 0 aliphatic heterocycles. The van der Waals surface area contributed by atoms with Gasteiger partial charge in [-0.25, -0.2) is 4.99 Å².